The molecule has 0 aliphatic rings. The van der Waals surface area contributed by atoms with Crippen molar-refractivity contribution in [3.8, 4) is 28.7 Å². The molecule has 29 heavy (non-hydrogen) atoms. The number of nitrogens with one attached hydrogen (secondary N) is 1. The van der Waals surface area contributed by atoms with E-state index >= 15 is 0 Å². The minimum absolute atomic E-state index is 0.0444. The molecule has 2 rings (SSSR count). The molecule has 0 unspecified atom stereocenters. The standard InChI is InChI=1S/C19H22N2O8/c1-25-15-8-5-12(18(27-3)19(15)28-4)10-20-17(22)11-29-13-6-7-14(21(23)24)16(9-13)26-2/h5-9H,10-11H2,1-4H3,(H,20,22). The van der Waals surface area contributed by atoms with E-state index in [2.05, 4.69) is 5.32 Å². The molecule has 1 amide bonds. The number of rotatable bonds is 10. The molecular formula is C19H22N2O8. The van der Waals surface area contributed by atoms with Crippen LogP contribution in [0.25, 0.3) is 0 Å². The Kier molecular flexibility index (Phi) is 7.47. The van der Waals surface area contributed by atoms with Crippen molar-refractivity contribution in [3.05, 3.63) is 46.0 Å². The van der Waals surface area contributed by atoms with Gasteiger partial charge in [0.05, 0.1) is 33.4 Å². The third kappa shape index (κ3) is 5.18. The molecule has 0 atom stereocenters. The van der Waals surface area contributed by atoms with Crippen molar-refractivity contribution in [1.29, 1.82) is 0 Å². The van der Waals surface area contributed by atoms with Gasteiger partial charge in [0.15, 0.2) is 18.1 Å². The normalized spacial score (nSPS) is 10.1. The fraction of sp³-hybridized carbons (Fsp3) is 0.316. The van der Waals surface area contributed by atoms with Crippen LogP contribution in [0.5, 0.6) is 28.7 Å². The smallest absolute Gasteiger partial charge is 0.311 e. The van der Waals surface area contributed by atoms with Gasteiger partial charge in [0.25, 0.3) is 5.91 Å². The molecule has 10 heteroatoms. The number of hydrogen-bond donors (Lipinski definition) is 1. The minimum Gasteiger partial charge on any atom is -0.493 e. The zero-order chi connectivity index (χ0) is 21.4. The molecule has 2 aromatic rings. The van der Waals surface area contributed by atoms with Gasteiger partial charge in [-0.25, -0.2) is 0 Å². The molecule has 0 spiro atoms. The summed E-state index contributed by atoms with van der Waals surface area (Å²) in [6.07, 6.45) is 0. The van der Waals surface area contributed by atoms with E-state index in [0.29, 0.717) is 22.8 Å². The van der Waals surface area contributed by atoms with Gasteiger partial charge in [0.1, 0.15) is 5.75 Å². The number of nitro benzene ring substituents is 1. The lowest BCUT2D eigenvalue weighted by Gasteiger charge is -2.16. The summed E-state index contributed by atoms with van der Waals surface area (Å²) in [5.41, 5.74) is 0.500. The van der Waals surface area contributed by atoms with Crippen LogP contribution in [0.4, 0.5) is 5.69 Å². The summed E-state index contributed by atoms with van der Waals surface area (Å²) in [4.78, 5) is 22.5. The van der Waals surface area contributed by atoms with Crippen molar-refractivity contribution in [1.82, 2.24) is 5.32 Å². The number of methoxy groups -OCH3 is 4. The number of carbonyl (C=O) groups excluding carboxylic acids is 1. The van der Waals surface area contributed by atoms with Gasteiger partial charge in [0.2, 0.25) is 11.5 Å². The topological polar surface area (TPSA) is 118 Å². The molecule has 0 aromatic heterocycles. The van der Waals surface area contributed by atoms with Gasteiger partial charge in [-0.1, -0.05) is 0 Å². The molecular weight excluding hydrogens is 384 g/mol. The van der Waals surface area contributed by atoms with Crippen molar-refractivity contribution in [2.24, 2.45) is 0 Å². The van der Waals surface area contributed by atoms with Crippen molar-refractivity contribution >= 4 is 11.6 Å². The molecule has 2 aromatic carbocycles. The van der Waals surface area contributed by atoms with Crippen molar-refractivity contribution in [2.75, 3.05) is 35.0 Å². The molecule has 0 fully saturated rings. The van der Waals surface area contributed by atoms with Crippen LogP contribution in [0.3, 0.4) is 0 Å². The van der Waals surface area contributed by atoms with Gasteiger partial charge in [-0.15, -0.1) is 0 Å². The lowest BCUT2D eigenvalue weighted by Crippen LogP contribution is -2.28. The van der Waals surface area contributed by atoms with E-state index in [-0.39, 0.29) is 36.2 Å². The van der Waals surface area contributed by atoms with E-state index in [9.17, 15) is 14.9 Å². The van der Waals surface area contributed by atoms with Crippen LogP contribution < -0.4 is 29.0 Å². The Morgan fingerprint density at radius 3 is 2.24 bits per heavy atom. The van der Waals surface area contributed by atoms with Crippen molar-refractivity contribution in [3.63, 3.8) is 0 Å². The fourth-order valence-electron chi connectivity index (χ4n) is 2.59. The predicted octanol–water partition coefficient (Wildman–Crippen LogP) is 2.32. The van der Waals surface area contributed by atoms with E-state index < -0.39 is 4.92 Å². The summed E-state index contributed by atoms with van der Waals surface area (Å²) in [5, 5.41) is 13.6. The Morgan fingerprint density at radius 1 is 0.966 bits per heavy atom. The molecule has 0 aliphatic heterocycles. The van der Waals surface area contributed by atoms with E-state index in [4.69, 9.17) is 23.7 Å². The van der Waals surface area contributed by atoms with Gasteiger partial charge in [-0.2, -0.15) is 0 Å². The van der Waals surface area contributed by atoms with Crippen molar-refractivity contribution < 1.29 is 33.4 Å². The molecule has 0 saturated carbocycles. The number of ether oxygens (including phenoxy) is 5. The second kappa shape index (κ2) is 10.0. The Labute approximate surface area is 167 Å². The predicted molar refractivity (Wildman–Crippen MR) is 103 cm³/mol. The summed E-state index contributed by atoms with van der Waals surface area (Å²) >= 11 is 0. The average molecular weight is 406 g/mol. The highest BCUT2D eigenvalue weighted by Crippen LogP contribution is 2.39. The average Bonchev–Trinajstić information content (AvgIpc) is 2.74. The van der Waals surface area contributed by atoms with Gasteiger partial charge >= 0.3 is 5.69 Å². The minimum atomic E-state index is -0.564. The Morgan fingerprint density at radius 2 is 1.66 bits per heavy atom. The van der Waals surface area contributed by atoms with Crippen LogP contribution in [0.15, 0.2) is 30.3 Å². The monoisotopic (exact) mass is 406 g/mol. The first kappa shape index (κ1) is 21.6. The summed E-state index contributed by atoms with van der Waals surface area (Å²) in [6, 6.07) is 7.46. The lowest BCUT2D eigenvalue weighted by atomic mass is 10.1. The zero-order valence-corrected chi connectivity index (χ0v) is 16.5. The first-order chi connectivity index (χ1) is 13.9. The van der Waals surface area contributed by atoms with Crippen LogP contribution in [0.1, 0.15) is 5.56 Å². The largest absolute Gasteiger partial charge is 0.493 e. The fourth-order valence-corrected chi connectivity index (χ4v) is 2.59. The lowest BCUT2D eigenvalue weighted by molar-refractivity contribution is -0.385. The van der Waals surface area contributed by atoms with E-state index in [0.717, 1.165) is 0 Å². The third-order valence-corrected chi connectivity index (χ3v) is 3.98. The Hall–Kier alpha value is -3.69. The number of benzene rings is 2. The highest BCUT2D eigenvalue weighted by molar-refractivity contribution is 5.77. The number of hydrogen-bond acceptors (Lipinski definition) is 8. The molecule has 0 aliphatic carbocycles. The maximum atomic E-state index is 12.1. The highest BCUT2D eigenvalue weighted by Gasteiger charge is 2.17. The van der Waals surface area contributed by atoms with E-state index in [1.54, 1.807) is 12.1 Å². The zero-order valence-electron chi connectivity index (χ0n) is 16.5. The van der Waals surface area contributed by atoms with Crippen molar-refractivity contribution in [2.45, 2.75) is 6.54 Å². The molecule has 0 radical (unpaired) electrons. The summed E-state index contributed by atoms with van der Waals surface area (Å²) in [7, 11) is 5.82. The summed E-state index contributed by atoms with van der Waals surface area (Å²) in [6.45, 7) is -0.105. The second-order valence-corrected chi connectivity index (χ2v) is 5.65. The third-order valence-electron chi connectivity index (χ3n) is 3.98. The first-order valence-electron chi connectivity index (χ1n) is 8.44. The molecule has 0 saturated heterocycles. The number of amides is 1. The van der Waals surface area contributed by atoms with Crippen LogP contribution in [0, 0.1) is 10.1 Å². The van der Waals surface area contributed by atoms with Crippen LogP contribution >= 0.6 is 0 Å². The first-order valence-corrected chi connectivity index (χ1v) is 8.44. The van der Waals surface area contributed by atoms with Crippen LogP contribution in [-0.4, -0.2) is 45.9 Å². The van der Waals surface area contributed by atoms with Gasteiger partial charge in [-0.3, -0.25) is 14.9 Å². The molecule has 10 nitrogen and oxygen atoms in total. The highest BCUT2D eigenvalue weighted by atomic mass is 16.6. The Bertz CT molecular complexity index is 885. The SMILES string of the molecule is COc1cc(OCC(=O)NCc2ccc(OC)c(OC)c2OC)ccc1[N+](=O)[O-]. The van der Waals surface area contributed by atoms with Gasteiger partial charge in [0, 0.05) is 24.2 Å². The second-order valence-electron chi connectivity index (χ2n) is 5.65. The number of nitro groups is 1. The number of carbonyl (C=O) groups is 1. The molecule has 1 N–H and O–H groups in total. The number of nitrogens with zero attached hydrogens (tertiary/aromatic N) is 1. The van der Waals surface area contributed by atoms with Crippen LogP contribution in [0.2, 0.25) is 0 Å². The summed E-state index contributed by atoms with van der Waals surface area (Å²) in [5.74, 6) is 1.31. The Balaban J connectivity index is 2.00. The van der Waals surface area contributed by atoms with E-state index in [1.165, 1.54) is 46.6 Å². The van der Waals surface area contributed by atoms with Gasteiger partial charge < -0.3 is 29.0 Å². The van der Waals surface area contributed by atoms with E-state index in [1.807, 2.05) is 0 Å². The maximum absolute atomic E-state index is 12.1. The maximum Gasteiger partial charge on any atom is 0.311 e. The van der Waals surface area contributed by atoms with Gasteiger partial charge in [-0.05, 0) is 18.2 Å². The van der Waals surface area contributed by atoms with Crippen LogP contribution in [-0.2, 0) is 11.3 Å². The molecule has 0 bridgehead atoms. The quantitative estimate of drug-likeness (QED) is 0.472. The summed E-state index contributed by atoms with van der Waals surface area (Å²) < 4.78 is 26.3. The molecule has 156 valence electrons. The molecule has 0 heterocycles.